The van der Waals surface area contributed by atoms with Gasteiger partial charge in [0.1, 0.15) is 16.8 Å². The molecule has 0 atom stereocenters. The lowest BCUT2D eigenvalue weighted by molar-refractivity contribution is 0.102. The summed E-state index contributed by atoms with van der Waals surface area (Å²) in [6.07, 6.45) is 2.23. The number of aromatic nitrogens is 1. The third-order valence-corrected chi connectivity index (χ3v) is 4.60. The van der Waals surface area contributed by atoms with E-state index in [1.807, 2.05) is 0 Å². The highest BCUT2D eigenvalue weighted by atomic mass is 35.5. The SMILES string of the molecule is N#Cc1c(NC(=O)c2ccc(Cl)cn2)sc2c1CCNC2. The van der Waals surface area contributed by atoms with Crippen LogP contribution in [0.25, 0.3) is 0 Å². The van der Waals surface area contributed by atoms with E-state index in [4.69, 9.17) is 11.6 Å². The molecule has 2 aromatic rings. The Balaban J connectivity index is 1.88. The number of nitriles is 1. The molecule has 106 valence electrons. The number of amides is 1. The van der Waals surface area contributed by atoms with Gasteiger partial charge >= 0.3 is 0 Å². The molecule has 0 aromatic carbocycles. The number of hydrogen-bond donors (Lipinski definition) is 2. The number of halogens is 1. The summed E-state index contributed by atoms with van der Waals surface area (Å²) in [4.78, 5) is 17.3. The van der Waals surface area contributed by atoms with Crippen LogP contribution in [-0.4, -0.2) is 17.4 Å². The second kappa shape index (κ2) is 5.82. The Hall–Kier alpha value is -1.94. The molecule has 0 bridgehead atoms. The maximum Gasteiger partial charge on any atom is 0.274 e. The second-order valence-electron chi connectivity index (χ2n) is 4.56. The maximum absolute atomic E-state index is 12.2. The Morgan fingerprint density at radius 2 is 2.38 bits per heavy atom. The number of hydrogen-bond acceptors (Lipinski definition) is 5. The summed E-state index contributed by atoms with van der Waals surface area (Å²) in [6, 6.07) is 5.36. The molecule has 7 heteroatoms. The number of thiophene rings is 1. The first-order chi connectivity index (χ1) is 10.2. The standard InChI is InChI=1S/C14H11ClN4OS/c15-8-1-2-11(18-6-8)13(20)19-14-10(5-16)9-3-4-17-7-12(9)21-14/h1-2,6,17H,3-4,7H2,(H,19,20). The van der Waals surface area contributed by atoms with Gasteiger partial charge in [-0.15, -0.1) is 11.3 Å². The summed E-state index contributed by atoms with van der Waals surface area (Å²) in [7, 11) is 0. The fourth-order valence-corrected chi connectivity index (χ4v) is 3.49. The molecule has 2 aromatic heterocycles. The summed E-state index contributed by atoms with van der Waals surface area (Å²) >= 11 is 7.19. The smallest absolute Gasteiger partial charge is 0.274 e. The number of carbonyl (C=O) groups excluding carboxylic acids is 1. The van der Waals surface area contributed by atoms with Crippen molar-refractivity contribution in [1.29, 1.82) is 5.26 Å². The maximum atomic E-state index is 12.2. The van der Waals surface area contributed by atoms with E-state index in [1.54, 1.807) is 12.1 Å². The summed E-state index contributed by atoms with van der Waals surface area (Å²) in [5.74, 6) is -0.338. The van der Waals surface area contributed by atoms with Gasteiger partial charge in [0.05, 0.1) is 10.6 Å². The first-order valence-electron chi connectivity index (χ1n) is 6.37. The summed E-state index contributed by atoms with van der Waals surface area (Å²) in [5, 5.41) is 16.4. The molecule has 0 radical (unpaired) electrons. The van der Waals surface area contributed by atoms with E-state index in [0.29, 0.717) is 15.6 Å². The first-order valence-corrected chi connectivity index (χ1v) is 7.56. The predicted molar refractivity (Wildman–Crippen MR) is 81.6 cm³/mol. The Morgan fingerprint density at radius 3 is 3.10 bits per heavy atom. The van der Waals surface area contributed by atoms with Crippen LogP contribution >= 0.6 is 22.9 Å². The Kier molecular flexibility index (Phi) is 3.88. The Bertz CT molecular complexity index is 733. The lowest BCUT2D eigenvalue weighted by Crippen LogP contribution is -2.22. The van der Waals surface area contributed by atoms with E-state index in [1.165, 1.54) is 17.5 Å². The summed E-state index contributed by atoms with van der Waals surface area (Å²) < 4.78 is 0. The van der Waals surface area contributed by atoms with E-state index in [-0.39, 0.29) is 11.6 Å². The Labute approximate surface area is 130 Å². The minimum atomic E-state index is -0.338. The van der Waals surface area contributed by atoms with Crippen molar-refractivity contribution in [2.24, 2.45) is 0 Å². The third kappa shape index (κ3) is 2.76. The van der Waals surface area contributed by atoms with Crippen molar-refractivity contribution in [3.63, 3.8) is 0 Å². The number of rotatable bonds is 2. The molecule has 2 N–H and O–H groups in total. The van der Waals surface area contributed by atoms with Crippen molar-refractivity contribution in [1.82, 2.24) is 10.3 Å². The largest absolute Gasteiger partial charge is 0.312 e. The molecule has 1 aliphatic rings. The lowest BCUT2D eigenvalue weighted by Gasteiger charge is -2.11. The Morgan fingerprint density at radius 1 is 1.52 bits per heavy atom. The van der Waals surface area contributed by atoms with Gasteiger partial charge in [-0.3, -0.25) is 4.79 Å². The molecular weight excluding hydrogens is 308 g/mol. The number of carbonyl (C=O) groups is 1. The minimum Gasteiger partial charge on any atom is -0.312 e. The molecule has 0 unspecified atom stereocenters. The van der Waals surface area contributed by atoms with Crippen molar-refractivity contribution in [2.75, 3.05) is 11.9 Å². The molecule has 21 heavy (non-hydrogen) atoms. The zero-order chi connectivity index (χ0) is 14.8. The topological polar surface area (TPSA) is 77.8 Å². The highest BCUT2D eigenvalue weighted by Crippen LogP contribution is 2.34. The van der Waals surface area contributed by atoms with Crippen LogP contribution in [0.15, 0.2) is 18.3 Å². The van der Waals surface area contributed by atoms with Gasteiger partial charge in [-0.25, -0.2) is 4.98 Å². The van der Waals surface area contributed by atoms with Crippen molar-refractivity contribution in [3.05, 3.63) is 45.1 Å². The highest BCUT2D eigenvalue weighted by molar-refractivity contribution is 7.16. The molecule has 0 spiro atoms. The molecule has 0 fully saturated rings. The fraction of sp³-hybridized carbons (Fsp3) is 0.214. The number of anilines is 1. The molecule has 3 heterocycles. The molecule has 0 saturated heterocycles. The molecule has 3 rings (SSSR count). The van der Waals surface area contributed by atoms with Gasteiger partial charge in [-0.2, -0.15) is 5.26 Å². The zero-order valence-corrected chi connectivity index (χ0v) is 12.5. The quantitative estimate of drug-likeness (QED) is 0.892. The second-order valence-corrected chi connectivity index (χ2v) is 6.10. The summed E-state index contributed by atoms with van der Waals surface area (Å²) in [5.41, 5.74) is 1.88. The van der Waals surface area contributed by atoms with Gasteiger partial charge in [0.2, 0.25) is 0 Å². The van der Waals surface area contributed by atoms with Gasteiger partial charge in [0.25, 0.3) is 5.91 Å². The zero-order valence-electron chi connectivity index (χ0n) is 10.9. The molecule has 1 aliphatic heterocycles. The van der Waals surface area contributed by atoms with Crippen LogP contribution in [0.3, 0.4) is 0 Å². The lowest BCUT2D eigenvalue weighted by atomic mass is 10.1. The monoisotopic (exact) mass is 318 g/mol. The van der Waals surface area contributed by atoms with Crippen molar-refractivity contribution >= 4 is 33.8 Å². The number of nitrogens with zero attached hydrogens (tertiary/aromatic N) is 2. The average Bonchev–Trinajstić information content (AvgIpc) is 2.84. The van der Waals surface area contributed by atoms with Crippen molar-refractivity contribution < 1.29 is 4.79 Å². The average molecular weight is 319 g/mol. The van der Waals surface area contributed by atoms with Crippen LogP contribution in [0, 0.1) is 11.3 Å². The van der Waals surface area contributed by atoms with Crippen LogP contribution in [0.1, 0.15) is 26.5 Å². The van der Waals surface area contributed by atoms with E-state index >= 15 is 0 Å². The molecule has 0 saturated carbocycles. The number of nitrogens with one attached hydrogen (secondary N) is 2. The molecule has 5 nitrogen and oxygen atoms in total. The normalized spacial score (nSPS) is 13.3. The van der Waals surface area contributed by atoms with Crippen molar-refractivity contribution in [3.8, 4) is 6.07 Å². The van der Waals surface area contributed by atoms with Gasteiger partial charge in [0, 0.05) is 17.6 Å². The van der Waals surface area contributed by atoms with Crippen molar-refractivity contribution in [2.45, 2.75) is 13.0 Å². The number of pyridine rings is 1. The first kappa shape index (κ1) is 14.0. The van der Waals surface area contributed by atoms with Crippen LogP contribution in [0.4, 0.5) is 5.00 Å². The van der Waals surface area contributed by atoms with Gasteiger partial charge in [0.15, 0.2) is 0 Å². The highest BCUT2D eigenvalue weighted by Gasteiger charge is 2.22. The van der Waals surface area contributed by atoms with Crippen LogP contribution in [0.2, 0.25) is 5.02 Å². The van der Waals surface area contributed by atoms with E-state index in [9.17, 15) is 10.1 Å². The van der Waals surface area contributed by atoms with Gasteiger partial charge in [-0.1, -0.05) is 11.6 Å². The summed E-state index contributed by atoms with van der Waals surface area (Å²) in [6.45, 7) is 1.59. The molecule has 0 aliphatic carbocycles. The predicted octanol–water partition coefficient (Wildman–Crippen LogP) is 2.57. The molecule has 1 amide bonds. The van der Waals surface area contributed by atoms with E-state index in [0.717, 1.165) is 30.0 Å². The van der Waals surface area contributed by atoms with E-state index in [2.05, 4.69) is 21.7 Å². The molecular formula is C14H11ClN4OS. The van der Waals surface area contributed by atoms with Gasteiger partial charge in [-0.05, 0) is 30.7 Å². The fourth-order valence-electron chi connectivity index (χ4n) is 2.22. The van der Waals surface area contributed by atoms with Crippen LogP contribution in [0.5, 0.6) is 0 Å². The van der Waals surface area contributed by atoms with Crippen LogP contribution < -0.4 is 10.6 Å². The van der Waals surface area contributed by atoms with Gasteiger partial charge < -0.3 is 10.6 Å². The number of fused-ring (bicyclic) bond motifs is 1. The van der Waals surface area contributed by atoms with Crippen LogP contribution in [-0.2, 0) is 13.0 Å². The minimum absolute atomic E-state index is 0.271. The van der Waals surface area contributed by atoms with E-state index < -0.39 is 0 Å². The third-order valence-electron chi connectivity index (χ3n) is 3.23.